The number of halogens is 2. The molecule has 1 heterocycles. The Morgan fingerprint density at radius 3 is 2.94 bits per heavy atom. The average molecular weight is 283 g/mol. The number of hydrogen-bond acceptors (Lipinski definition) is 2. The highest BCUT2D eigenvalue weighted by molar-refractivity contribution is 9.10. The molecule has 0 fully saturated rings. The van der Waals surface area contributed by atoms with Gasteiger partial charge in [-0.25, -0.2) is 9.37 Å². The Labute approximate surface area is 99.8 Å². The first-order chi connectivity index (χ1) is 7.66. The first-order valence-corrected chi connectivity index (χ1v) is 5.42. The number of aromatic nitrogens is 2. The van der Waals surface area contributed by atoms with E-state index in [-0.39, 0.29) is 18.0 Å². The van der Waals surface area contributed by atoms with Crippen molar-refractivity contribution >= 4 is 21.7 Å². The van der Waals surface area contributed by atoms with E-state index in [0.717, 1.165) is 0 Å². The van der Waals surface area contributed by atoms with Gasteiger partial charge in [-0.15, -0.1) is 0 Å². The molecule has 1 N–H and O–H groups in total. The Bertz CT molecular complexity index is 511. The van der Waals surface area contributed by atoms with E-state index in [1.54, 1.807) is 18.3 Å². The van der Waals surface area contributed by atoms with Gasteiger partial charge in [-0.05, 0) is 17.7 Å². The first-order valence-electron chi connectivity index (χ1n) is 4.63. The number of nitrogens with one attached hydrogen (secondary N) is 1. The second kappa shape index (κ2) is 4.57. The monoisotopic (exact) mass is 282 g/mol. The SMILES string of the molecule is O=C(Cc1ccc(Br)cc1F)c1ncc[nH]1. The zero-order chi connectivity index (χ0) is 11.5. The maximum atomic E-state index is 13.4. The second-order valence-corrected chi connectivity index (χ2v) is 4.19. The quantitative estimate of drug-likeness (QED) is 0.880. The molecular weight excluding hydrogens is 275 g/mol. The maximum absolute atomic E-state index is 13.4. The van der Waals surface area contributed by atoms with E-state index in [0.29, 0.717) is 10.0 Å². The number of nitrogens with zero attached hydrogens (tertiary/aromatic N) is 1. The van der Waals surface area contributed by atoms with Gasteiger partial charge in [-0.1, -0.05) is 22.0 Å². The molecule has 5 heteroatoms. The number of benzene rings is 1. The molecule has 0 aliphatic carbocycles. The van der Waals surface area contributed by atoms with Crippen LogP contribution < -0.4 is 0 Å². The number of carbonyl (C=O) groups is 1. The van der Waals surface area contributed by atoms with Crippen LogP contribution in [0.15, 0.2) is 35.1 Å². The fraction of sp³-hybridized carbons (Fsp3) is 0.0909. The lowest BCUT2D eigenvalue weighted by Gasteiger charge is -2.01. The number of ketones is 1. The van der Waals surface area contributed by atoms with Gasteiger partial charge in [0.1, 0.15) is 5.82 Å². The van der Waals surface area contributed by atoms with Crippen molar-refractivity contribution in [3.63, 3.8) is 0 Å². The lowest BCUT2D eigenvalue weighted by molar-refractivity contribution is 0.0983. The average Bonchev–Trinajstić information content (AvgIpc) is 2.75. The van der Waals surface area contributed by atoms with Crippen molar-refractivity contribution in [3.8, 4) is 0 Å². The zero-order valence-corrected chi connectivity index (χ0v) is 9.79. The molecule has 0 aliphatic heterocycles. The molecule has 0 saturated carbocycles. The molecular formula is C11H8BrFN2O. The van der Waals surface area contributed by atoms with Crippen molar-refractivity contribution in [1.82, 2.24) is 9.97 Å². The van der Waals surface area contributed by atoms with Crippen molar-refractivity contribution < 1.29 is 9.18 Å². The van der Waals surface area contributed by atoms with Gasteiger partial charge >= 0.3 is 0 Å². The van der Waals surface area contributed by atoms with Gasteiger partial charge in [0.15, 0.2) is 5.82 Å². The molecule has 0 radical (unpaired) electrons. The molecule has 16 heavy (non-hydrogen) atoms. The summed E-state index contributed by atoms with van der Waals surface area (Å²) < 4.78 is 14.1. The highest BCUT2D eigenvalue weighted by Crippen LogP contribution is 2.16. The third kappa shape index (κ3) is 2.36. The molecule has 2 aromatic rings. The summed E-state index contributed by atoms with van der Waals surface area (Å²) >= 11 is 3.16. The molecule has 0 spiro atoms. The maximum Gasteiger partial charge on any atom is 0.202 e. The smallest absolute Gasteiger partial charge is 0.202 e. The minimum Gasteiger partial charge on any atom is -0.342 e. The fourth-order valence-electron chi connectivity index (χ4n) is 1.34. The standard InChI is InChI=1S/C11H8BrFN2O/c12-8-2-1-7(9(13)6-8)5-10(16)11-14-3-4-15-11/h1-4,6H,5H2,(H,14,15). The summed E-state index contributed by atoms with van der Waals surface area (Å²) in [7, 11) is 0. The Balaban J connectivity index is 2.18. The molecule has 0 atom stereocenters. The van der Waals surface area contributed by atoms with E-state index in [9.17, 15) is 9.18 Å². The molecule has 0 aliphatic rings. The predicted octanol–water partition coefficient (Wildman–Crippen LogP) is 2.74. The summed E-state index contributed by atoms with van der Waals surface area (Å²) in [5.74, 6) is -0.372. The van der Waals surface area contributed by atoms with Crippen LogP contribution in [0.3, 0.4) is 0 Å². The van der Waals surface area contributed by atoms with E-state index >= 15 is 0 Å². The third-order valence-electron chi connectivity index (χ3n) is 2.13. The van der Waals surface area contributed by atoms with Crippen LogP contribution >= 0.6 is 15.9 Å². The van der Waals surface area contributed by atoms with Crippen molar-refractivity contribution in [2.24, 2.45) is 0 Å². The highest BCUT2D eigenvalue weighted by atomic mass is 79.9. The number of aromatic amines is 1. The van der Waals surface area contributed by atoms with Crippen LogP contribution in [0, 0.1) is 5.82 Å². The highest BCUT2D eigenvalue weighted by Gasteiger charge is 2.12. The lowest BCUT2D eigenvalue weighted by Crippen LogP contribution is -2.07. The fourth-order valence-corrected chi connectivity index (χ4v) is 1.67. The summed E-state index contributed by atoms with van der Waals surface area (Å²) in [6.07, 6.45) is 3.06. The Morgan fingerprint density at radius 1 is 1.50 bits per heavy atom. The van der Waals surface area contributed by atoms with Crippen LogP contribution in [0.4, 0.5) is 4.39 Å². The van der Waals surface area contributed by atoms with Crippen LogP contribution in [0.25, 0.3) is 0 Å². The predicted molar refractivity (Wildman–Crippen MR) is 60.7 cm³/mol. The van der Waals surface area contributed by atoms with Crippen LogP contribution in [0.2, 0.25) is 0 Å². The largest absolute Gasteiger partial charge is 0.342 e. The normalized spacial score (nSPS) is 10.4. The summed E-state index contributed by atoms with van der Waals surface area (Å²) in [4.78, 5) is 18.2. The Hall–Kier alpha value is -1.49. The number of H-pyrrole nitrogens is 1. The van der Waals surface area contributed by atoms with E-state index in [2.05, 4.69) is 25.9 Å². The Kier molecular flexibility index (Phi) is 3.14. The molecule has 1 aromatic carbocycles. The zero-order valence-electron chi connectivity index (χ0n) is 8.21. The minimum atomic E-state index is -0.394. The van der Waals surface area contributed by atoms with Gasteiger partial charge in [-0.3, -0.25) is 4.79 Å². The Morgan fingerprint density at radius 2 is 2.31 bits per heavy atom. The number of Topliss-reactive ketones (excluding diaryl/α,β-unsaturated/α-hetero) is 1. The van der Waals surface area contributed by atoms with Crippen LogP contribution in [-0.2, 0) is 6.42 Å². The van der Waals surface area contributed by atoms with Crippen LogP contribution in [-0.4, -0.2) is 15.8 Å². The van der Waals surface area contributed by atoms with Gasteiger partial charge in [-0.2, -0.15) is 0 Å². The molecule has 0 bridgehead atoms. The van der Waals surface area contributed by atoms with E-state index in [1.807, 2.05) is 0 Å². The van der Waals surface area contributed by atoms with Gasteiger partial charge in [0.05, 0.1) is 0 Å². The molecule has 2 rings (SSSR count). The molecule has 0 amide bonds. The van der Waals surface area contributed by atoms with Gasteiger partial charge in [0.2, 0.25) is 5.78 Å². The lowest BCUT2D eigenvalue weighted by atomic mass is 10.1. The topological polar surface area (TPSA) is 45.8 Å². The van der Waals surface area contributed by atoms with Crippen molar-refractivity contribution in [3.05, 3.63) is 52.3 Å². The number of hydrogen-bond donors (Lipinski definition) is 1. The van der Waals surface area contributed by atoms with Gasteiger partial charge in [0.25, 0.3) is 0 Å². The van der Waals surface area contributed by atoms with Crippen LogP contribution in [0.5, 0.6) is 0 Å². The molecule has 82 valence electrons. The summed E-state index contributed by atoms with van der Waals surface area (Å²) in [5.41, 5.74) is 0.365. The summed E-state index contributed by atoms with van der Waals surface area (Å²) in [5, 5.41) is 0. The molecule has 3 nitrogen and oxygen atoms in total. The van der Waals surface area contributed by atoms with E-state index in [1.165, 1.54) is 12.3 Å². The third-order valence-corrected chi connectivity index (χ3v) is 2.62. The van der Waals surface area contributed by atoms with Gasteiger partial charge < -0.3 is 4.98 Å². The van der Waals surface area contributed by atoms with Crippen molar-refractivity contribution in [2.45, 2.75) is 6.42 Å². The number of rotatable bonds is 3. The minimum absolute atomic E-state index is 0.00657. The summed E-state index contributed by atoms with van der Waals surface area (Å²) in [6.45, 7) is 0. The van der Waals surface area contributed by atoms with Crippen molar-refractivity contribution in [2.75, 3.05) is 0 Å². The molecule has 1 aromatic heterocycles. The van der Waals surface area contributed by atoms with E-state index in [4.69, 9.17) is 0 Å². The van der Waals surface area contributed by atoms with Gasteiger partial charge in [0, 0.05) is 23.3 Å². The summed E-state index contributed by atoms with van der Waals surface area (Å²) in [6, 6.07) is 4.62. The van der Waals surface area contributed by atoms with Crippen LogP contribution in [0.1, 0.15) is 16.2 Å². The van der Waals surface area contributed by atoms with E-state index < -0.39 is 5.82 Å². The van der Waals surface area contributed by atoms with Crippen molar-refractivity contribution in [1.29, 1.82) is 0 Å². The molecule has 0 unspecified atom stereocenters. The second-order valence-electron chi connectivity index (χ2n) is 3.27. The number of imidazole rings is 1. The number of carbonyl (C=O) groups excluding carboxylic acids is 1. The first kappa shape index (κ1) is 11.0. The molecule has 0 saturated heterocycles.